The van der Waals surface area contributed by atoms with Crippen molar-refractivity contribution in [2.75, 3.05) is 4.90 Å². The lowest BCUT2D eigenvalue weighted by Crippen LogP contribution is -2.26. The van der Waals surface area contributed by atoms with Crippen molar-refractivity contribution in [2.45, 2.75) is 12.7 Å². The third kappa shape index (κ3) is 3.99. The van der Waals surface area contributed by atoms with Crippen molar-refractivity contribution >= 4 is 45.7 Å². The van der Waals surface area contributed by atoms with Crippen LogP contribution in [-0.2, 0) is 22.3 Å². The maximum atomic E-state index is 13.4. The summed E-state index contributed by atoms with van der Waals surface area (Å²) in [5, 5.41) is 2.48. The van der Waals surface area contributed by atoms with Gasteiger partial charge in [0.05, 0.1) is 34.0 Å². The van der Waals surface area contributed by atoms with Crippen molar-refractivity contribution in [1.29, 1.82) is 0 Å². The first kappa shape index (κ1) is 22.0. The number of amidine groups is 1. The van der Waals surface area contributed by atoms with Gasteiger partial charge in [0.15, 0.2) is 5.17 Å². The van der Waals surface area contributed by atoms with Gasteiger partial charge in [0, 0.05) is 5.56 Å². The summed E-state index contributed by atoms with van der Waals surface area (Å²) in [4.78, 5) is 32.0. The van der Waals surface area contributed by atoms with Crippen molar-refractivity contribution in [3.63, 3.8) is 0 Å². The van der Waals surface area contributed by atoms with Crippen LogP contribution in [0.5, 0.6) is 0 Å². The summed E-state index contributed by atoms with van der Waals surface area (Å²) in [5.41, 5.74) is 1.18. The third-order valence-electron chi connectivity index (χ3n) is 5.39. The fraction of sp³-hybridized carbons (Fsp3) is 0.0800. The van der Waals surface area contributed by atoms with Gasteiger partial charge >= 0.3 is 6.18 Å². The Balaban J connectivity index is 1.53. The molecule has 0 radical (unpaired) electrons. The van der Waals surface area contributed by atoms with E-state index in [4.69, 9.17) is 0 Å². The van der Waals surface area contributed by atoms with Crippen LogP contribution in [0.15, 0.2) is 88.8 Å². The van der Waals surface area contributed by atoms with Crippen molar-refractivity contribution < 1.29 is 22.8 Å². The number of hydrogen-bond acceptors (Lipinski definition) is 4. The standard InChI is InChI=1S/C25H16F3N3O2S/c26-25(27,28)17-11-5-6-12-18(17)29-24-30-22(32)21(34-24)20-16-10-4-7-13-19(16)31(23(20)33)14-15-8-2-1-3-9-15/h1-13H,14H2,(H,29,30,32). The molecule has 1 saturated heterocycles. The fourth-order valence-corrected chi connectivity index (χ4v) is 4.80. The highest BCUT2D eigenvalue weighted by molar-refractivity contribution is 8.18. The zero-order chi connectivity index (χ0) is 23.9. The van der Waals surface area contributed by atoms with Crippen LogP contribution in [-0.4, -0.2) is 17.0 Å². The number of nitrogens with one attached hydrogen (secondary N) is 1. The number of thioether (sulfide) groups is 1. The van der Waals surface area contributed by atoms with Crippen LogP contribution >= 0.6 is 11.8 Å². The normalized spacial score (nSPS) is 19.0. The lowest BCUT2D eigenvalue weighted by Gasteiger charge is -2.17. The van der Waals surface area contributed by atoms with Gasteiger partial charge in [-0.2, -0.15) is 13.2 Å². The van der Waals surface area contributed by atoms with E-state index in [1.54, 1.807) is 29.2 Å². The molecule has 34 heavy (non-hydrogen) atoms. The second-order valence-electron chi connectivity index (χ2n) is 7.59. The Hall–Kier alpha value is -3.85. The van der Waals surface area contributed by atoms with Crippen LogP contribution in [0.2, 0.25) is 0 Å². The smallest absolute Gasteiger partial charge is 0.303 e. The summed E-state index contributed by atoms with van der Waals surface area (Å²) in [6.45, 7) is 0.319. The number of anilines is 1. The molecule has 3 aromatic carbocycles. The van der Waals surface area contributed by atoms with E-state index in [1.807, 2.05) is 30.3 Å². The van der Waals surface area contributed by atoms with E-state index in [2.05, 4.69) is 10.3 Å². The summed E-state index contributed by atoms with van der Waals surface area (Å²) >= 11 is 0.860. The number of rotatable bonds is 3. The average Bonchev–Trinajstić information content (AvgIpc) is 3.30. The van der Waals surface area contributed by atoms with Gasteiger partial charge in [-0.1, -0.05) is 60.7 Å². The highest BCUT2D eigenvalue weighted by Crippen LogP contribution is 2.44. The number of aliphatic imine (C=N–C) groups is 1. The number of alkyl halides is 3. The Labute approximate surface area is 197 Å². The molecule has 0 atom stereocenters. The molecule has 9 heteroatoms. The van der Waals surface area contributed by atoms with E-state index >= 15 is 0 Å². The Morgan fingerprint density at radius 3 is 2.32 bits per heavy atom. The topological polar surface area (TPSA) is 61.8 Å². The van der Waals surface area contributed by atoms with Crippen LogP contribution in [0.25, 0.3) is 5.57 Å². The molecular weight excluding hydrogens is 463 g/mol. The molecule has 170 valence electrons. The summed E-state index contributed by atoms with van der Waals surface area (Å²) in [5.74, 6) is -0.924. The highest BCUT2D eigenvalue weighted by Gasteiger charge is 2.40. The minimum absolute atomic E-state index is 0.0176. The first-order valence-corrected chi connectivity index (χ1v) is 11.1. The predicted molar refractivity (Wildman–Crippen MR) is 125 cm³/mol. The van der Waals surface area contributed by atoms with Crippen molar-refractivity contribution in [3.05, 3.63) is 100 Å². The van der Waals surface area contributed by atoms with Crippen LogP contribution in [0.1, 0.15) is 16.7 Å². The number of amides is 2. The molecule has 2 amide bonds. The van der Waals surface area contributed by atoms with Gasteiger partial charge in [0.1, 0.15) is 0 Å². The fourth-order valence-electron chi connectivity index (χ4n) is 3.88. The molecule has 2 aliphatic rings. The number of hydrogen-bond donors (Lipinski definition) is 1. The first-order valence-electron chi connectivity index (χ1n) is 10.3. The number of nitrogens with zero attached hydrogens (tertiary/aromatic N) is 2. The molecule has 0 bridgehead atoms. The molecule has 0 unspecified atom stereocenters. The largest absolute Gasteiger partial charge is 0.418 e. The Bertz CT molecular complexity index is 1370. The van der Waals surface area contributed by atoms with Crippen LogP contribution in [0.3, 0.4) is 0 Å². The van der Waals surface area contributed by atoms with E-state index in [1.165, 1.54) is 18.2 Å². The highest BCUT2D eigenvalue weighted by atomic mass is 32.2. The molecular formula is C25H16F3N3O2S. The lowest BCUT2D eigenvalue weighted by atomic mass is 10.1. The van der Waals surface area contributed by atoms with Crippen molar-refractivity contribution in [1.82, 2.24) is 5.32 Å². The second-order valence-corrected chi connectivity index (χ2v) is 8.59. The van der Waals surface area contributed by atoms with Crippen LogP contribution in [0, 0.1) is 0 Å². The number of para-hydroxylation sites is 2. The summed E-state index contributed by atoms with van der Waals surface area (Å²) < 4.78 is 40.0. The maximum Gasteiger partial charge on any atom is 0.418 e. The van der Waals surface area contributed by atoms with E-state index in [9.17, 15) is 22.8 Å². The minimum atomic E-state index is -4.59. The van der Waals surface area contributed by atoms with Crippen LogP contribution < -0.4 is 10.2 Å². The molecule has 3 aromatic rings. The molecule has 0 saturated carbocycles. The zero-order valence-electron chi connectivity index (χ0n) is 17.5. The number of carbonyl (C=O) groups excluding carboxylic acids is 2. The molecule has 2 aliphatic heterocycles. The predicted octanol–water partition coefficient (Wildman–Crippen LogP) is 5.51. The summed E-state index contributed by atoms with van der Waals surface area (Å²) in [6.07, 6.45) is -4.59. The van der Waals surface area contributed by atoms with Gasteiger partial charge in [0.2, 0.25) is 0 Å². The van der Waals surface area contributed by atoms with Gasteiger partial charge in [-0.15, -0.1) is 0 Å². The van der Waals surface area contributed by atoms with Gasteiger partial charge in [0.25, 0.3) is 11.8 Å². The van der Waals surface area contributed by atoms with Crippen molar-refractivity contribution in [3.8, 4) is 0 Å². The second kappa shape index (κ2) is 8.49. The minimum Gasteiger partial charge on any atom is -0.303 e. The molecule has 5 nitrogen and oxygen atoms in total. The van der Waals surface area contributed by atoms with Gasteiger partial charge in [-0.25, -0.2) is 4.99 Å². The Kier molecular flexibility index (Phi) is 5.49. The Morgan fingerprint density at radius 2 is 1.56 bits per heavy atom. The van der Waals surface area contributed by atoms with E-state index in [0.29, 0.717) is 17.8 Å². The maximum absolute atomic E-state index is 13.4. The van der Waals surface area contributed by atoms with E-state index in [-0.39, 0.29) is 27.2 Å². The van der Waals surface area contributed by atoms with Gasteiger partial charge in [-0.3, -0.25) is 9.59 Å². The van der Waals surface area contributed by atoms with Gasteiger partial charge in [-0.05, 0) is 35.5 Å². The molecule has 0 spiro atoms. The van der Waals surface area contributed by atoms with E-state index < -0.39 is 17.6 Å². The van der Waals surface area contributed by atoms with Gasteiger partial charge < -0.3 is 10.2 Å². The monoisotopic (exact) mass is 479 g/mol. The molecule has 0 aliphatic carbocycles. The number of halogens is 3. The molecule has 1 N–H and O–H groups in total. The molecule has 1 fully saturated rings. The SMILES string of the molecule is O=C1NC(=Nc2ccccc2C(F)(F)F)SC1=C1C(=O)N(Cc2ccccc2)c2ccccc21. The average molecular weight is 479 g/mol. The van der Waals surface area contributed by atoms with Crippen molar-refractivity contribution in [2.24, 2.45) is 4.99 Å². The zero-order valence-corrected chi connectivity index (χ0v) is 18.3. The number of carbonyl (C=O) groups is 2. The molecule has 0 aromatic heterocycles. The number of fused-ring (bicyclic) bond motifs is 1. The lowest BCUT2D eigenvalue weighted by molar-refractivity contribution is -0.137. The Morgan fingerprint density at radius 1 is 0.882 bits per heavy atom. The summed E-state index contributed by atoms with van der Waals surface area (Å²) in [6, 6.07) is 21.4. The van der Waals surface area contributed by atoms with E-state index in [0.717, 1.165) is 23.4 Å². The molecule has 5 rings (SSSR count). The summed E-state index contributed by atoms with van der Waals surface area (Å²) in [7, 11) is 0. The van der Waals surface area contributed by atoms with Crippen LogP contribution in [0.4, 0.5) is 24.5 Å². The number of benzene rings is 3. The first-order chi connectivity index (χ1) is 16.3. The third-order valence-corrected chi connectivity index (χ3v) is 6.37. The quantitative estimate of drug-likeness (QED) is 0.504. The molecule has 2 heterocycles.